The summed E-state index contributed by atoms with van der Waals surface area (Å²) in [4.78, 5) is 2.34. The zero-order chi connectivity index (χ0) is 7.68. The molecule has 1 N–H and O–H groups in total. The van der Waals surface area contributed by atoms with E-state index in [1.54, 1.807) is 0 Å². The van der Waals surface area contributed by atoms with Gasteiger partial charge in [-0.15, -0.1) is 0 Å². The van der Waals surface area contributed by atoms with Gasteiger partial charge in [0.05, 0.1) is 12.7 Å². The average Bonchev–Trinajstić information content (AvgIpc) is 2.55. The Balaban J connectivity index is 1.85. The molecule has 2 fully saturated rings. The Morgan fingerprint density at radius 3 is 2.82 bits per heavy atom. The van der Waals surface area contributed by atoms with Gasteiger partial charge in [-0.1, -0.05) is 0 Å². The van der Waals surface area contributed by atoms with E-state index < -0.39 is 0 Å². The van der Waals surface area contributed by atoms with E-state index in [0.29, 0.717) is 6.04 Å². The monoisotopic (exact) mass is 157 g/mol. The van der Waals surface area contributed by atoms with Gasteiger partial charge < -0.3 is 9.84 Å². The lowest BCUT2D eigenvalue weighted by molar-refractivity contribution is 0.137. The number of hydrogen-bond acceptors (Lipinski definition) is 3. The zero-order valence-electron chi connectivity index (χ0n) is 6.70. The van der Waals surface area contributed by atoms with Crippen LogP contribution in [0.2, 0.25) is 0 Å². The summed E-state index contributed by atoms with van der Waals surface area (Å²) in [5.41, 5.74) is 0. The maximum absolute atomic E-state index is 9.28. The fourth-order valence-corrected chi connectivity index (χ4v) is 1.91. The minimum absolute atomic E-state index is 0.0874. The molecule has 0 aromatic heterocycles. The van der Waals surface area contributed by atoms with E-state index in [1.165, 1.54) is 0 Å². The van der Waals surface area contributed by atoms with E-state index in [0.717, 1.165) is 39.1 Å². The van der Waals surface area contributed by atoms with Crippen molar-refractivity contribution >= 4 is 0 Å². The standard InChI is InChI=1S/C8H15NO2/c10-8-1-3-9(5-8)7-2-4-11-6-7/h7-8,10H,1-6H2. The largest absolute Gasteiger partial charge is 0.392 e. The molecule has 2 aliphatic rings. The van der Waals surface area contributed by atoms with Crippen molar-refractivity contribution in [1.82, 2.24) is 4.90 Å². The molecular weight excluding hydrogens is 142 g/mol. The molecule has 2 saturated heterocycles. The second-order valence-electron chi connectivity index (χ2n) is 3.45. The van der Waals surface area contributed by atoms with Crippen LogP contribution in [0.15, 0.2) is 0 Å². The Kier molecular flexibility index (Phi) is 2.11. The maximum Gasteiger partial charge on any atom is 0.0679 e. The van der Waals surface area contributed by atoms with Crippen molar-refractivity contribution in [3.05, 3.63) is 0 Å². The van der Waals surface area contributed by atoms with Gasteiger partial charge in [0, 0.05) is 25.7 Å². The predicted octanol–water partition coefficient (Wildman–Crippen LogP) is -0.158. The number of aliphatic hydroxyl groups is 1. The zero-order valence-corrected chi connectivity index (χ0v) is 6.70. The summed E-state index contributed by atoms with van der Waals surface area (Å²) in [6.45, 7) is 3.67. The van der Waals surface area contributed by atoms with Gasteiger partial charge in [0.1, 0.15) is 0 Å². The van der Waals surface area contributed by atoms with Crippen LogP contribution < -0.4 is 0 Å². The summed E-state index contributed by atoms with van der Waals surface area (Å²) in [6, 6.07) is 0.590. The topological polar surface area (TPSA) is 32.7 Å². The normalized spacial score (nSPS) is 40.1. The average molecular weight is 157 g/mol. The molecule has 0 radical (unpaired) electrons. The third-order valence-corrected chi connectivity index (χ3v) is 2.62. The van der Waals surface area contributed by atoms with Crippen molar-refractivity contribution in [2.45, 2.75) is 25.0 Å². The van der Waals surface area contributed by atoms with Gasteiger partial charge in [-0.05, 0) is 12.8 Å². The minimum Gasteiger partial charge on any atom is -0.392 e. The van der Waals surface area contributed by atoms with E-state index in [-0.39, 0.29) is 6.10 Å². The van der Waals surface area contributed by atoms with Gasteiger partial charge in [-0.3, -0.25) is 4.90 Å². The van der Waals surface area contributed by atoms with Crippen LogP contribution in [0.3, 0.4) is 0 Å². The Morgan fingerprint density at radius 2 is 2.27 bits per heavy atom. The van der Waals surface area contributed by atoms with Crippen molar-refractivity contribution in [3.8, 4) is 0 Å². The quantitative estimate of drug-likeness (QED) is 0.574. The van der Waals surface area contributed by atoms with Gasteiger partial charge in [-0.25, -0.2) is 0 Å². The molecule has 0 aromatic rings. The summed E-state index contributed by atoms with van der Waals surface area (Å²) in [5.74, 6) is 0. The van der Waals surface area contributed by atoms with E-state index in [1.807, 2.05) is 0 Å². The summed E-state index contributed by atoms with van der Waals surface area (Å²) in [6.07, 6.45) is 2.00. The molecule has 2 unspecified atom stereocenters. The van der Waals surface area contributed by atoms with Crippen LogP contribution in [0.1, 0.15) is 12.8 Å². The van der Waals surface area contributed by atoms with Crippen LogP contribution in [0, 0.1) is 0 Å². The summed E-state index contributed by atoms with van der Waals surface area (Å²) < 4.78 is 5.28. The fraction of sp³-hybridized carbons (Fsp3) is 1.00. The molecule has 11 heavy (non-hydrogen) atoms. The van der Waals surface area contributed by atoms with Gasteiger partial charge in [0.25, 0.3) is 0 Å². The van der Waals surface area contributed by atoms with Crippen molar-refractivity contribution < 1.29 is 9.84 Å². The summed E-state index contributed by atoms with van der Waals surface area (Å²) in [7, 11) is 0. The molecule has 0 saturated carbocycles. The molecule has 0 bridgehead atoms. The smallest absolute Gasteiger partial charge is 0.0679 e. The Morgan fingerprint density at radius 1 is 1.36 bits per heavy atom. The molecule has 2 aliphatic heterocycles. The highest BCUT2D eigenvalue weighted by Crippen LogP contribution is 2.18. The molecule has 0 amide bonds. The van der Waals surface area contributed by atoms with Gasteiger partial charge in [0.2, 0.25) is 0 Å². The summed E-state index contributed by atoms with van der Waals surface area (Å²) in [5, 5.41) is 9.28. The number of ether oxygens (including phenoxy) is 1. The second kappa shape index (κ2) is 3.09. The fourth-order valence-electron chi connectivity index (χ4n) is 1.91. The molecule has 0 aromatic carbocycles. The number of nitrogens with zero attached hydrogens (tertiary/aromatic N) is 1. The highest BCUT2D eigenvalue weighted by atomic mass is 16.5. The molecular formula is C8H15NO2. The molecule has 64 valence electrons. The van der Waals surface area contributed by atoms with E-state index in [4.69, 9.17) is 4.74 Å². The van der Waals surface area contributed by atoms with Crippen LogP contribution >= 0.6 is 0 Å². The van der Waals surface area contributed by atoms with Crippen molar-refractivity contribution in [2.24, 2.45) is 0 Å². The van der Waals surface area contributed by atoms with Crippen LogP contribution in [0.5, 0.6) is 0 Å². The number of rotatable bonds is 1. The Hall–Kier alpha value is -0.120. The molecule has 0 aliphatic carbocycles. The first-order valence-electron chi connectivity index (χ1n) is 4.36. The van der Waals surface area contributed by atoms with Crippen molar-refractivity contribution in [2.75, 3.05) is 26.3 Å². The van der Waals surface area contributed by atoms with Gasteiger partial charge in [0.15, 0.2) is 0 Å². The Bertz CT molecular complexity index is 134. The number of β-amino-alcohol motifs (C(OH)–C–C–N with tert-alkyl or cyclic N) is 1. The maximum atomic E-state index is 9.28. The lowest BCUT2D eigenvalue weighted by atomic mass is 10.2. The third-order valence-electron chi connectivity index (χ3n) is 2.62. The lowest BCUT2D eigenvalue weighted by Crippen LogP contribution is -2.34. The molecule has 2 heterocycles. The van der Waals surface area contributed by atoms with Crippen LogP contribution in [0.4, 0.5) is 0 Å². The molecule has 3 heteroatoms. The van der Waals surface area contributed by atoms with Crippen LogP contribution in [-0.4, -0.2) is 48.5 Å². The van der Waals surface area contributed by atoms with Gasteiger partial charge in [-0.2, -0.15) is 0 Å². The third kappa shape index (κ3) is 1.55. The van der Waals surface area contributed by atoms with Crippen LogP contribution in [0.25, 0.3) is 0 Å². The number of hydrogen-bond donors (Lipinski definition) is 1. The van der Waals surface area contributed by atoms with Gasteiger partial charge >= 0.3 is 0 Å². The molecule has 3 nitrogen and oxygen atoms in total. The molecule has 0 spiro atoms. The first-order valence-corrected chi connectivity index (χ1v) is 4.36. The Labute approximate surface area is 66.9 Å². The predicted molar refractivity (Wildman–Crippen MR) is 41.4 cm³/mol. The van der Waals surface area contributed by atoms with E-state index in [2.05, 4.69) is 4.90 Å². The lowest BCUT2D eigenvalue weighted by Gasteiger charge is -2.21. The SMILES string of the molecule is OC1CCN(C2CCOC2)C1. The van der Waals surface area contributed by atoms with Crippen LogP contribution in [-0.2, 0) is 4.74 Å². The highest BCUT2D eigenvalue weighted by Gasteiger charge is 2.29. The van der Waals surface area contributed by atoms with E-state index in [9.17, 15) is 5.11 Å². The highest BCUT2D eigenvalue weighted by molar-refractivity contribution is 4.82. The van der Waals surface area contributed by atoms with Crippen molar-refractivity contribution in [3.63, 3.8) is 0 Å². The minimum atomic E-state index is -0.0874. The second-order valence-corrected chi connectivity index (χ2v) is 3.45. The van der Waals surface area contributed by atoms with Crippen molar-refractivity contribution in [1.29, 1.82) is 0 Å². The van der Waals surface area contributed by atoms with E-state index >= 15 is 0 Å². The number of likely N-dealkylation sites (tertiary alicyclic amines) is 1. The first kappa shape index (κ1) is 7.53. The molecule has 2 rings (SSSR count). The number of aliphatic hydroxyl groups excluding tert-OH is 1. The first-order chi connectivity index (χ1) is 5.36. The summed E-state index contributed by atoms with van der Waals surface area (Å²) >= 11 is 0. The molecule has 2 atom stereocenters.